The second-order valence-electron chi connectivity index (χ2n) is 2.97. The van der Waals surface area contributed by atoms with E-state index in [2.05, 4.69) is 16.9 Å². The van der Waals surface area contributed by atoms with Crippen LogP contribution in [0.2, 0.25) is 10.0 Å². The fourth-order valence-corrected chi connectivity index (χ4v) is 2.54. The van der Waals surface area contributed by atoms with Gasteiger partial charge in [-0.2, -0.15) is 0 Å². The van der Waals surface area contributed by atoms with E-state index >= 15 is 0 Å². The largest absolute Gasteiger partial charge is 0.251 e. The molecule has 5 heteroatoms. The molecule has 0 atom stereocenters. The van der Waals surface area contributed by atoms with Gasteiger partial charge in [0.2, 0.25) is 0 Å². The summed E-state index contributed by atoms with van der Waals surface area (Å²) in [6.07, 6.45) is 4.41. The molecule has 2 aromatic rings. The number of thiazole rings is 1. The molecule has 0 aliphatic rings. The van der Waals surface area contributed by atoms with Crippen molar-refractivity contribution in [2.45, 2.75) is 13.3 Å². The van der Waals surface area contributed by atoms with E-state index in [-0.39, 0.29) is 0 Å². The van der Waals surface area contributed by atoms with Gasteiger partial charge in [0, 0.05) is 17.3 Å². The van der Waals surface area contributed by atoms with Crippen LogP contribution in [0.15, 0.2) is 18.5 Å². The molecule has 0 saturated heterocycles. The molecule has 2 aromatic heterocycles. The normalized spacial score (nSPS) is 10.6. The lowest BCUT2D eigenvalue weighted by molar-refractivity contribution is 1.17. The Kier molecular flexibility index (Phi) is 3.24. The lowest BCUT2D eigenvalue weighted by Gasteiger charge is -1.98. The van der Waals surface area contributed by atoms with Gasteiger partial charge in [-0.25, -0.2) is 4.98 Å². The fourth-order valence-electron chi connectivity index (χ4n) is 1.15. The molecule has 0 aliphatic heterocycles. The summed E-state index contributed by atoms with van der Waals surface area (Å²) in [6, 6.07) is 1.68. The lowest BCUT2D eigenvalue weighted by atomic mass is 10.3. The van der Waals surface area contributed by atoms with Gasteiger partial charge in [-0.1, -0.05) is 30.1 Å². The van der Waals surface area contributed by atoms with Crippen molar-refractivity contribution in [2.24, 2.45) is 0 Å². The first kappa shape index (κ1) is 10.9. The van der Waals surface area contributed by atoms with Gasteiger partial charge in [-0.05, 0) is 12.5 Å². The first-order chi connectivity index (χ1) is 7.20. The highest BCUT2D eigenvalue weighted by atomic mass is 35.5. The summed E-state index contributed by atoms with van der Waals surface area (Å²) < 4.78 is 0. The maximum Gasteiger partial charge on any atom is 0.143 e. The van der Waals surface area contributed by atoms with Crippen LogP contribution in [-0.2, 0) is 6.42 Å². The van der Waals surface area contributed by atoms with Crippen molar-refractivity contribution in [1.29, 1.82) is 0 Å². The Morgan fingerprint density at radius 2 is 2.07 bits per heavy atom. The smallest absolute Gasteiger partial charge is 0.143 e. The number of halogens is 2. The Labute approximate surface area is 102 Å². The van der Waals surface area contributed by atoms with Gasteiger partial charge in [0.15, 0.2) is 0 Å². The van der Waals surface area contributed by atoms with Crippen LogP contribution < -0.4 is 0 Å². The van der Waals surface area contributed by atoms with Gasteiger partial charge in [0.05, 0.1) is 10.0 Å². The monoisotopic (exact) mass is 258 g/mol. The molecule has 0 bridgehead atoms. The van der Waals surface area contributed by atoms with E-state index in [1.54, 1.807) is 23.6 Å². The summed E-state index contributed by atoms with van der Waals surface area (Å²) in [7, 11) is 0. The third-order valence-corrected chi connectivity index (χ3v) is 3.56. The zero-order valence-corrected chi connectivity index (χ0v) is 10.3. The van der Waals surface area contributed by atoms with E-state index < -0.39 is 0 Å². The van der Waals surface area contributed by atoms with E-state index in [1.807, 2.05) is 6.20 Å². The molecule has 0 saturated carbocycles. The molecular weight excluding hydrogens is 251 g/mol. The van der Waals surface area contributed by atoms with Crippen LogP contribution in [0.1, 0.15) is 11.8 Å². The van der Waals surface area contributed by atoms with Crippen molar-refractivity contribution in [3.63, 3.8) is 0 Å². The molecule has 0 unspecified atom stereocenters. The van der Waals surface area contributed by atoms with Crippen molar-refractivity contribution in [1.82, 2.24) is 9.97 Å². The van der Waals surface area contributed by atoms with Crippen molar-refractivity contribution in [2.75, 3.05) is 0 Å². The Balaban J connectivity index is 2.44. The van der Waals surface area contributed by atoms with E-state index in [9.17, 15) is 0 Å². The molecule has 2 nitrogen and oxygen atoms in total. The molecule has 0 fully saturated rings. The number of nitrogens with zero attached hydrogens (tertiary/aromatic N) is 2. The first-order valence-corrected chi connectivity index (χ1v) is 6.04. The lowest BCUT2D eigenvalue weighted by Crippen LogP contribution is -1.83. The Morgan fingerprint density at radius 1 is 1.27 bits per heavy atom. The van der Waals surface area contributed by atoms with E-state index in [0.29, 0.717) is 15.7 Å². The average molecular weight is 259 g/mol. The molecule has 0 N–H and O–H groups in total. The van der Waals surface area contributed by atoms with Gasteiger partial charge in [-0.3, -0.25) is 4.98 Å². The van der Waals surface area contributed by atoms with Crippen LogP contribution in [0.5, 0.6) is 0 Å². The predicted molar refractivity (Wildman–Crippen MR) is 64.7 cm³/mol. The van der Waals surface area contributed by atoms with E-state index in [4.69, 9.17) is 23.2 Å². The Morgan fingerprint density at radius 3 is 2.67 bits per heavy atom. The summed E-state index contributed by atoms with van der Waals surface area (Å²) in [5.41, 5.74) is 0.700. The highest BCUT2D eigenvalue weighted by molar-refractivity contribution is 7.15. The topological polar surface area (TPSA) is 25.8 Å². The SMILES string of the molecule is CCc1cnc(-c2ncc(Cl)cc2Cl)s1. The number of hydrogen-bond acceptors (Lipinski definition) is 3. The summed E-state index contributed by atoms with van der Waals surface area (Å²) in [4.78, 5) is 9.68. The first-order valence-electron chi connectivity index (χ1n) is 4.47. The quantitative estimate of drug-likeness (QED) is 0.812. The zero-order valence-electron chi connectivity index (χ0n) is 8.00. The van der Waals surface area contributed by atoms with Crippen molar-refractivity contribution in [3.8, 4) is 10.7 Å². The van der Waals surface area contributed by atoms with Gasteiger partial charge in [0.25, 0.3) is 0 Å². The summed E-state index contributed by atoms with van der Waals surface area (Å²) in [5, 5.41) is 1.92. The third kappa shape index (κ3) is 2.30. The third-order valence-electron chi connectivity index (χ3n) is 1.91. The van der Waals surface area contributed by atoms with Crippen molar-refractivity contribution in [3.05, 3.63) is 33.4 Å². The molecule has 2 rings (SSSR count). The molecule has 0 aliphatic carbocycles. The second kappa shape index (κ2) is 4.47. The minimum Gasteiger partial charge on any atom is -0.251 e. The molecule has 0 radical (unpaired) electrons. The molecular formula is C10H8Cl2N2S. The standard InChI is InChI=1S/C10H8Cl2N2S/c1-2-7-5-14-10(15-7)9-8(12)3-6(11)4-13-9/h3-5H,2H2,1H3. The number of aryl methyl sites for hydroxylation is 1. The number of aromatic nitrogens is 2. The highest BCUT2D eigenvalue weighted by Crippen LogP contribution is 2.30. The minimum atomic E-state index is 0.538. The van der Waals surface area contributed by atoms with Crippen molar-refractivity contribution >= 4 is 34.5 Å². The van der Waals surface area contributed by atoms with Gasteiger partial charge in [0.1, 0.15) is 10.7 Å². The Bertz CT molecular complexity index is 482. The minimum absolute atomic E-state index is 0.538. The van der Waals surface area contributed by atoms with Crippen LogP contribution in [0.3, 0.4) is 0 Å². The van der Waals surface area contributed by atoms with E-state index in [1.165, 1.54) is 4.88 Å². The summed E-state index contributed by atoms with van der Waals surface area (Å²) >= 11 is 13.4. The Hall–Kier alpha value is -0.640. The maximum atomic E-state index is 6.04. The van der Waals surface area contributed by atoms with Crippen LogP contribution in [0.25, 0.3) is 10.7 Å². The van der Waals surface area contributed by atoms with Gasteiger partial charge in [-0.15, -0.1) is 11.3 Å². The molecule has 0 aromatic carbocycles. The molecule has 0 spiro atoms. The number of pyridine rings is 1. The predicted octanol–water partition coefficient (Wildman–Crippen LogP) is 4.07. The maximum absolute atomic E-state index is 6.04. The number of hydrogen-bond donors (Lipinski definition) is 0. The highest BCUT2D eigenvalue weighted by Gasteiger charge is 2.09. The number of rotatable bonds is 2. The summed E-state index contributed by atoms with van der Waals surface area (Å²) in [6.45, 7) is 2.09. The van der Waals surface area contributed by atoms with Crippen LogP contribution in [-0.4, -0.2) is 9.97 Å². The average Bonchev–Trinajstić information content (AvgIpc) is 2.66. The second-order valence-corrected chi connectivity index (χ2v) is 4.93. The molecule has 78 valence electrons. The van der Waals surface area contributed by atoms with E-state index in [0.717, 1.165) is 11.4 Å². The molecule has 15 heavy (non-hydrogen) atoms. The van der Waals surface area contributed by atoms with Gasteiger partial charge < -0.3 is 0 Å². The molecule has 0 amide bonds. The van der Waals surface area contributed by atoms with Crippen LogP contribution in [0.4, 0.5) is 0 Å². The van der Waals surface area contributed by atoms with Crippen LogP contribution in [0, 0.1) is 0 Å². The zero-order chi connectivity index (χ0) is 10.8. The van der Waals surface area contributed by atoms with Crippen LogP contribution >= 0.6 is 34.5 Å². The fraction of sp³-hybridized carbons (Fsp3) is 0.200. The van der Waals surface area contributed by atoms with Gasteiger partial charge >= 0.3 is 0 Å². The summed E-state index contributed by atoms with van der Waals surface area (Å²) in [5.74, 6) is 0. The van der Waals surface area contributed by atoms with Crippen molar-refractivity contribution < 1.29 is 0 Å². The molecule has 2 heterocycles.